The molecule has 3 rings (SSSR count). The average molecular weight is 348 g/mol. The Kier molecular flexibility index (Phi) is 5.13. The Hall–Kier alpha value is -1.13. The van der Waals surface area contributed by atoms with E-state index in [9.17, 15) is 9.90 Å². The summed E-state index contributed by atoms with van der Waals surface area (Å²) in [5.41, 5.74) is 4.01. The lowest BCUT2D eigenvalue weighted by Gasteiger charge is -2.52. The minimum absolute atomic E-state index is 0.0735. The summed E-state index contributed by atoms with van der Waals surface area (Å²) in [6, 6.07) is 0. The van der Waals surface area contributed by atoms with Gasteiger partial charge in [0.1, 0.15) is 0 Å². The highest BCUT2D eigenvalue weighted by atomic mass is 16.5. The monoisotopic (exact) mass is 348 g/mol. The number of carbonyl (C=O) groups is 1. The largest absolute Gasteiger partial charge is 0.469 e. The number of methoxy groups -OCH3 is 1. The number of esters is 1. The fourth-order valence-corrected chi connectivity index (χ4v) is 5.53. The Morgan fingerprint density at radius 3 is 2.84 bits per heavy atom. The van der Waals surface area contributed by atoms with Gasteiger partial charge < -0.3 is 14.6 Å². The van der Waals surface area contributed by atoms with Crippen LogP contribution in [0.1, 0.15) is 52.9 Å². The molecular formula is C21H32O4. The van der Waals surface area contributed by atoms with Gasteiger partial charge in [-0.05, 0) is 67.4 Å². The van der Waals surface area contributed by atoms with Crippen molar-refractivity contribution in [2.45, 2.75) is 65.1 Å². The molecule has 1 N–H and O–H groups in total. The van der Waals surface area contributed by atoms with Gasteiger partial charge >= 0.3 is 5.97 Å². The summed E-state index contributed by atoms with van der Waals surface area (Å²) in [6.07, 6.45) is 3.84. The number of aliphatic hydroxyl groups is 1. The van der Waals surface area contributed by atoms with Crippen LogP contribution in [0, 0.1) is 23.2 Å². The first-order valence-corrected chi connectivity index (χ1v) is 9.51. The van der Waals surface area contributed by atoms with Gasteiger partial charge in [-0.15, -0.1) is 0 Å². The van der Waals surface area contributed by atoms with Crippen LogP contribution in [0.25, 0.3) is 0 Å². The third-order valence-electron chi connectivity index (χ3n) is 6.81. The number of hydrogen-bond acceptors (Lipinski definition) is 4. The van der Waals surface area contributed by atoms with Crippen LogP contribution in [0.15, 0.2) is 23.3 Å². The number of ether oxygens (including phenoxy) is 2. The highest BCUT2D eigenvalue weighted by Crippen LogP contribution is 2.60. The van der Waals surface area contributed by atoms with Crippen molar-refractivity contribution in [3.8, 4) is 0 Å². The first kappa shape index (κ1) is 18.7. The Morgan fingerprint density at radius 1 is 1.52 bits per heavy atom. The summed E-state index contributed by atoms with van der Waals surface area (Å²) in [6.45, 7) is 11.1. The number of fused-ring (bicyclic) bond motifs is 3. The van der Waals surface area contributed by atoms with Gasteiger partial charge in [-0.2, -0.15) is 0 Å². The Labute approximate surface area is 151 Å². The first-order valence-electron chi connectivity index (χ1n) is 9.51. The zero-order chi connectivity index (χ0) is 18.4. The average Bonchev–Trinajstić information content (AvgIpc) is 2.93. The van der Waals surface area contributed by atoms with E-state index in [1.54, 1.807) is 6.92 Å². The molecule has 1 saturated carbocycles. The normalized spacial score (nSPS) is 38.3. The molecule has 1 aliphatic heterocycles. The topological polar surface area (TPSA) is 55.8 Å². The molecule has 140 valence electrons. The zero-order valence-corrected chi connectivity index (χ0v) is 16.0. The number of allylic oxidation sites excluding steroid dienone is 1. The molecule has 0 aromatic carbocycles. The lowest BCUT2D eigenvalue weighted by atomic mass is 9.51. The minimum Gasteiger partial charge on any atom is -0.469 e. The third kappa shape index (κ3) is 3.31. The summed E-state index contributed by atoms with van der Waals surface area (Å²) in [7, 11) is 1.46. The number of carbonyl (C=O) groups excluding carboxylic acids is 1. The van der Waals surface area contributed by atoms with E-state index >= 15 is 0 Å². The molecule has 4 heteroatoms. The van der Waals surface area contributed by atoms with E-state index in [2.05, 4.69) is 20.4 Å². The van der Waals surface area contributed by atoms with E-state index < -0.39 is 6.10 Å². The maximum Gasteiger partial charge on any atom is 0.306 e. The highest BCUT2D eigenvalue weighted by Gasteiger charge is 2.53. The highest BCUT2D eigenvalue weighted by molar-refractivity contribution is 5.70. The van der Waals surface area contributed by atoms with Crippen LogP contribution in [-0.4, -0.2) is 37.0 Å². The molecule has 1 fully saturated rings. The predicted octanol–water partition coefficient (Wildman–Crippen LogP) is 3.64. The summed E-state index contributed by atoms with van der Waals surface area (Å²) in [5.74, 6) is 0.981. The summed E-state index contributed by atoms with van der Waals surface area (Å²) in [5, 5.41) is 9.92. The van der Waals surface area contributed by atoms with Crippen molar-refractivity contribution in [2.24, 2.45) is 23.2 Å². The Morgan fingerprint density at radius 2 is 2.24 bits per heavy atom. The van der Waals surface area contributed by atoms with Crippen LogP contribution in [-0.2, 0) is 14.3 Å². The van der Waals surface area contributed by atoms with Gasteiger partial charge in [0.05, 0.1) is 32.3 Å². The predicted molar refractivity (Wildman–Crippen MR) is 96.9 cm³/mol. The van der Waals surface area contributed by atoms with Crippen LogP contribution in [0.4, 0.5) is 0 Å². The first-order chi connectivity index (χ1) is 11.8. The molecule has 1 heterocycles. The molecule has 0 saturated heterocycles. The quantitative estimate of drug-likeness (QED) is 0.609. The summed E-state index contributed by atoms with van der Waals surface area (Å²) < 4.78 is 11.1. The maximum atomic E-state index is 12.1. The van der Waals surface area contributed by atoms with E-state index in [1.165, 1.54) is 23.8 Å². The van der Waals surface area contributed by atoms with E-state index in [4.69, 9.17) is 9.47 Å². The summed E-state index contributed by atoms with van der Waals surface area (Å²) >= 11 is 0. The molecule has 25 heavy (non-hydrogen) atoms. The van der Waals surface area contributed by atoms with Crippen molar-refractivity contribution in [3.63, 3.8) is 0 Å². The minimum atomic E-state index is -0.415. The molecule has 0 aromatic rings. The van der Waals surface area contributed by atoms with E-state index in [0.717, 1.165) is 19.3 Å². The number of rotatable bonds is 5. The second kappa shape index (κ2) is 6.88. The van der Waals surface area contributed by atoms with Crippen molar-refractivity contribution in [1.29, 1.82) is 0 Å². The molecule has 6 atom stereocenters. The van der Waals surface area contributed by atoms with Crippen LogP contribution >= 0.6 is 0 Å². The van der Waals surface area contributed by atoms with E-state index in [1.807, 2.05) is 0 Å². The fraction of sp³-hybridized carbons (Fsp3) is 0.762. The molecule has 2 unspecified atom stereocenters. The lowest BCUT2D eigenvalue weighted by molar-refractivity contribution is -0.143. The molecule has 0 amide bonds. The molecule has 3 aliphatic rings. The van der Waals surface area contributed by atoms with Crippen LogP contribution in [0.3, 0.4) is 0 Å². The van der Waals surface area contributed by atoms with Gasteiger partial charge in [0, 0.05) is 6.42 Å². The molecular weight excluding hydrogens is 316 g/mol. The van der Waals surface area contributed by atoms with Gasteiger partial charge in [0.15, 0.2) is 0 Å². The second-order valence-electron chi connectivity index (χ2n) is 8.65. The SMILES string of the molecule is C=C(C)C1CC[C@]2(C)C[C@H]1C1=C([C@H]2CC(=O)OC)[C@@H](CC(C)O)OC1. The second-order valence-corrected chi connectivity index (χ2v) is 8.65. The maximum absolute atomic E-state index is 12.1. The van der Waals surface area contributed by atoms with Gasteiger partial charge in [-0.3, -0.25) is 4.79 Å². The summed E-state index contributed by atoms with van der Waals surface area (Å²) in [4.78, 5) is 12.1. The van der Waals surface area contributed by atoms with Crippen LogP contribution in [0.2, 0.25) is 0 Å². The van der Waals surface area contributed by atoms with Crippen molar-refractivity contribution >= 4 is 5.97 Å². The lowest BCUT2D eigenvalue weighted by Crippen LogP contribution is -2.45. The van der Waals surface area contributed by atoms with Crippen molar-refractivity contribution in [1.82, 2.24) is 0 Å². The number of hydrogen-bond donors (Lipinski definition) is 1. The van der Waals surface area contributed by atoms with Gasteiger partial charge in [0.25, 0.3) is 0 Å². The van der Waals surface area contributed by atoms with Gasteiger partial charge in [-0.1, -0.05) is 19.1 Å². The van der Waals surface area contributed by atoms with E-state index in [0.29, 0.717) is 31.3 Å². The third-order valence-corrected chi connectivity index (χ3v) is 6.81. The standard InChI is InChI=1S/C21H32O4/c1-12(2)14-6-7-21(4)10-15(14)16-11-25-18(8-13(3)22)20(16)17(21)9-19(23)24-5/h13-15,17-18,22H,1,6-11H2,2-5H3/t13?,14?,15-,17-,18-,21-/m1/s1. The number of aliphatic hydroxyl groups excluding tert-OH is 1. The van der Waals surface area contributed by atoms with Gasteiger partial charge in [-0.25, -0.2) is 0 Å². The molecule has 2 bridgehead atoms. The molecule has 0 radical (unpaired) electrons. The molecule has 0 aromatic heterocycles. The Balaban J connectivity index is 2.03. The fourth-order valence-electron chi connectivity index (χ4n) is 5.53. The zero-order valence-electron chi connectivity index (χ0n) is 16.0. The van der Waals surface area contributed by atoms with Crippen molar-refractivity contribution < 1.29 is 19.4 Å². The van der Waals surface area contributed by atoms with Crippen LogP contribution in [0.5, 0.6) is 0 Å². The van der Waals surface area contributed by atoms with Crippen molar-refractivity contribution in [3.05, 3.63) is 23.3 Å². The van der Waals surface area contributed by atoms with E-state index in [-0.39, 0.29) is 23.4 Å². The van der Waals surface area contributed by atoms with Crippen LogP contribution < -0.4 is 0 Å². The van der Waals surface area contributed by atoms with Crippen molar-refractivity contribution in [2.75, 3.05) is 13.7 Å². The smallest absolute Gasteiger partial charge is 0.306 e. The molecule has 2 aliphatic carbocycles. The van der Waals surface area contributed by atoms with Gasteiger partial charge in [0.2, 0.25) is 0 Å². The Bertz CT molecular complexity index is 591. The molecule has 4 nitrogen and oxygen atoms in total. The molecule has 0 spiro atoms.